The summed E-state index contributed by atoms with van der Waals surface area (Å²) in [6.45, 7) is 6.66. The van der Waals surface area contributed by atoms with E-state index >= 15 is 0 Å². The third kappa shape index (κ3) is 2.87. The maximum atomic E-state index is 11.7. The molecule has 0 fully saturated rings. The molecule has 0 aromatic heterocycles. The number of carbonyl (C=O) groups is 1. The van der Waals surface area contributed by atoms with Crippen LogP contribution in [0.2, 0.25) is 0 Å². The van der Waals surface area contributed by atoms with Gasteiger partial charge in [0.25, 0.3) is 0 Å². The molecule has 1 aliphatic rings. The summed E-state index contributed by atoms with van der Waals surface area (Å²) in [6.07, 6.45) is 3.28. The first-order chi connectivity index (χ1) is 10.9. The van der Waals surface area contributed by atoms with Crippen LogP contribution in [0.15, 0.2) is 48.5 Å². The number of carbonyl (C=O) groups excluding carboxylic acids is 1. The van der Waals surface area contributed by atoms with Crippen LogP contribution in [0, 0.1) is 0 Å². The number of fused-ring (bicyclic) bond motifs is 1. The van der Waals surface area contributed by atoms with Gasteiger partial charge in [-0.1, -0.05) is 56.3 Å². The molecule has 2 aromatic carbocycles. The minimum absolute atomic E-state index is 0.0431. The molecule has 0 amide bonds. The highest BCUT2D eigenvalue weighted by Gasteiger charge is 2.29. The normalized spacial score (nSPS) is 15.7. The van der Waals surface area contributed by atoms with Crippen molar-refractivity contribution < 1.29 is 4.79 Å². The number of Topliss-reactive ketones (excluding diaryl/α,β-unsaturated/α-hetero) is 1. The lowest BCUT2D eigenvalue weighted by molar-refractivity contribution is 0.101. The lowest BCUT2D eigenvalue weighted by Crippen LogP contribution is -2.22. The van der Waals surface area contributed by atoms with Crippen molar-refractivity contribution in [1.82, 2.24) is 0 Å². The Morgan fingerprint density at radius 1 is 1.13 bits per heavy atom. The molecule has 2 aromatic rings. The van der Waals surface area contributed by atoms with Crippen LogP contribution in [0.4, 0.5) is 0 Å². The Balaban J connectivity index is 2.11. The molecule has 0 unspecified atom stereocenters. The predicted octanol–water partition coefficient (Wildman–Crippen LogP) is 4.46. The third-order valence-corrected chi connectivity index (χ3v) is 4.76. The van der Waals surface area contributed by atoms with Crippen LogP contribution >= 0.6 is 0 Å². The summed E-state index contributed by atoms with van der Waals surface area (Å²) in [5, 5.41) is 0. The zero-order valence-corrected chi connectivity index (χ0v) is 14.0. The van der Waals surface area contributed by atoms with E-state index in [1.165, 1.54) is 22.3 Å². The van der Waals surface area contributed by atoms with E-state index in [4.69, 9.17) is 5.73 Å². The zero-order valence-electron chi connectivity index (χ0n) is 14.0. The summed E-state index contributed by atoms with van der Waals surface area (Å²) in [5.41, 5.74) is 12.6. The second-order valence-corrected chi connectivity index (χ2v) is 6.92. The lowest BCUT2D eigenvalue weighted by atomic mass is 9.71. The summed E-state index contributed by atoms with van der Waals surface area (Å²) < 4.78 is 0. The summed E-state index contributed by atoms with van der Waals surface area (Å²) in [6, 6.07) is 14.5. The van der Waals surface area contributed by atoms with Crippen LogP contribution in [0.5, 0.6) is 0 Å². The summed E-state index contributed by atoms with van der Waals surface area (Å²) in [5.74, 6) is 0.118. The van der Waals surface area contributed by atoms with Crippen molar-refractivity contribution >= 4 is 11.4 Å². The molecule has 118 valence electrons. The average molecular weight is 305 g/mol. The smallest absolute Gasteiger partial charge is 0.159 e. The zero-order chi connectivity index (χ0) is 16.6. The van der Waals surface area contributed by atoms with Gasteiger partial charge in [-0.3, -0.25) is 4.79 Å². The van der Waals surface area contributed by atoms with Gasteiger partial charge in [-0.15, -0.1) is 0 Å². The van der Waals surface area contributed by atoms with E-state index in [0.717, 1.165) is 17.5 Å². The van der Waals surface area contributed by atoms with Gasteiger partial charge in [0.1, 0.15) is 0 Å². The van der Waals surface area contributed by atoms with Crippen molar-refractivity contribution in [2.45, 2.75) is 39.2 Å². The van der Waals surface area contributed by atoms with E-state index < -0.39 is 0 Å². The molecule has 3 rings (SSSR count). The minimum atomic E-state index is 0.0431. The van der Waals surface area contributed by atoms with Crippen molar-refractivity contribution in [2.75, 3.05) is 0 Å². The van der Waals surface area contributed by atoms with E-state index in [1.54, 1.807) is 6.92 Å². The number of hydrogen-bond donors (Lipinski definition) is 1. The molecule has 0 bridgehead atoms. The Hall–Kier alpha value is -2.19. The van der Waals surface area contributed by atoms with Crippen LogP contribution < -0.4 is 5.73 Å². The van der Waals surface area contributed by atoms with Crippen molar-refractivity contribution in [3.63, 3.8) is 0 Å². The van der Waals surface area contributed by atoms with Gasteiger partial charge >= 0.3 is 0 Å². The van der Waals surface area contributed by atoms with E-state index in [-0.39, 0.29) is 11.2 Å². The van der Waals surface area contributed by atoms with Crippen LogP contribution in [0.25, 0.3) is 5.57 Å². The van der Waals surface area contributed by atoms with E-state index in [0.29, 0.717) is 6.54 Å². The Morgan fingerprint density at radius 2 is 1.83 bits per heavy atom. The Morgan fingerprint density at radius 3 is 2.43 bits per heavy atom. The van der Waals surface area contributed by atoms with Crippen molar-refractivity contribution in [1.29, 1.82) is 0 Å². The molecule has 23 heavy (non-hydrogen) atoms. The topological polar surface area (TPSA) is 43.1 Å². The predicted molar refractivity (Wildman–Crippen MR) is 95.5 cm³/mol. The quantitative estimate of drug-likeness (QED) is 0.851. The average Bonchev–Trinajstić information content (AvgIpc) is 2.55. The molecule has 1 aliphatic carbocycles. The second kappa shape index (κ2) is 5.78. The number of allylic oxidation sites excluding steroid dienone is 1. The summed E-state index contributed by atoms with van der Waals surface area (Å²) in [4.78, 5) is 11.7. The molecule has 2 N–H and O–H groups in total. The largest absolute Gasteiger partial charge is 0.326 e. The summed E-state index contributed by atoms with van der Waals surface area (Å²) >= 11 is 0. The van der Waals surface area contributed by atoms with Gasteiger partial charge in [-0.25, -0.2) is 0 Å². The monoisotopic (exact) mass is 305 g/mol. The molecule has 0 atom stereocenters. The number of nitrogens with two attached hydrogens (primary N) is 1. The van der Waals surface area contributed by atoms with Crippen molar-refractivity contribution in [3.8, 4) is 0 Å². The fourth-order valence-electron chi connectivity index (χ4n) is 3.23. The molecular weight excluding hydrogens is 282 g/mol. The van der Waals surface area contributed by atoms with E-state index in [2.05, 4.69) is 56.3 Å². The second-order valence-electron chi connectivity index (χ2n) is 6.92. The van der Waals surface area contributed by atoms with Crippen molar-refractivity contribution in [3.05, 3.63) is 76.4 Å². The fraction of sp³-hybridized carbons (Fsp3) is 0.286. The minimum Gasteiger partial charge on any atom is -0.326 e. The van der Waals surface area contributed by atoms with Gasteiger partial charge in [0.2, 0.25) is 0 Å². The fourth-order valence-corrected chi connectivity index (χ4v) is 3.23. The SMILES string of the molecule is CC(=O)c1ccc2c(c1)C(C)(C)CC=C2c1ccc(CN)cc1. The van der Waals surface area contributed by atoms with Crippen LogP contribution in [0.1, 0.15) is 59.8 Å². The first-order valence-corrected chi connectivity index (χ1v) is 8.08. The van der Waals surface area contributed by atoms with Gasteiger partial charge in [-0.2, -0.15) is 0 Å². The van der Waals surface area contributed by atoms with Crippen molar-refractivity contribution in [2.24, 2.45) is 5.73 Å². The van der Waals surface area contributed by atoms with Gasteiger partial charge < -0.3 is 5.73 Å². The van der Waals surface area contributed by atoms with E-state index in [9.17, 15) is 4.79 Å². The first kappa shape index (κ1) is 15.7. The van der Waals surface area contributed by atoms with Gasteiger partial charge in [0.05, 0.1) is 0 Å². The third-order valence-electron chi connectivity index (χ3n) is 4.76. The van der Waals surface area contributed by atoms with Crippen LogP contribution in [0.3, 0.4) is 0 Å². The molecule has 0 saturated carbocycles. The Bertz CT molecular complexity index is 782. The number of rotatable bonds is 3. The first-order valence-electron chi connectivity index (χ1n) is 8.08. The summed E-state index contributed by atoms with van der Waals surface area (Å²) in [7, 11) is 0. The molecule has 0 aliphatic heterocycles. The van der Waals surface area contributed by atoms with Gasteiger partial charge in [-0.05, 0) is 52.7 Å². The lowest BCUT2D eigenvalue weighted by Gasteiger charge is -2.32. The molecule has 2 nitrogen and oxygen atoms in total. The highest BCUT2D eigenvalue weighted by molar-refractivity contribution is 5.95. The molecule has 0 radical (unpaired) electrons. The van der Waals surface area contributed by atoms with Gasteiger partial charge in [0.15, 0.2) is 5.78 Å². The molecule has 2 heteroatoms. The number of ketones is 1. The van der Waals surface area contributed by atoms with Crippen LogP contribution in [-0.4, -0.2) is 5.78 Å². The Labute approximate surface area is 138 Å². The molecular formula is C21H23NO. The molecule has 0 saturated heterocycles. The molecule has 0 heterocycles. The molecule has 0 spiro atoms. The maximum Gasteiger partial charge on any atom is 0.159 e. The Kier molecular flexibility index (Phi) is 3.95. The maximum absolute atomic E-state index is 11.7. The standard InChI is InChI=1S/C21H23NO/c1-14(23)17-8-9-19-18(10-11-21(2,3)20(19)12-17)16-6-4-15(13-22)5-7-16/h4-10,12H,11,13,22H2,1-3H3. The van der Waals surface area contributed by atoms with E-state index in [1.807, 2.05) is 6.07 Å². The van der Waals surface area contributed by atoms with Gasteiger partial charge in [0, 0.05) is 12.1 Å². The van der Waals surface area contributed by atoms with Crippen LogP contribution in [-0.2, 0) is 12.0 Å². The highest BCUT2D eigenvalue weighted by Crippen LogP contribution is 2.41. The highest BCUT2D eigenvalue weighted by atomic mass is 16.1. The number of benzene rings is 2. The number of hydrogen-bond acceptors (Lipinski definition) is 2.